The lowest BCUT2D eigenvalue weighted by atomic mass is 9.82. The standard InChI is InChI=1S/C22H23N5/c23-22(24)26-25-20-13-18(17-9-5-2-6-10-17)14-21-19(20)11-12-27(21)15-16-7-3-1-4-8-16/h1-12,18H,13-15H2,(H4,23,24,26)/b25-20+. The predicted octanol–water partition coefficient (Wildman–Crippen LogP) is 3.24. The van der Waals surface area contributed by atoms with Gasteiger partial charge in [0.2, 0.25) is 5.96 Å². The van der Waals surface area contributed by atoms with Crippen LogP contribution in [0.15, 0.2) is 83.1 Å². The molecule has 0 bridgehead atoms. The third-order valence-corrected chi connectivity index (χ3v) is 5.02. The van der Waals surface area contributed by atoms with Crippen LogP contribution in [0.5, 0.6) is 0 Å². The molecule has 1 unspecified atom stereocenters. The van der Waals surface area contributed by atoms with Crippen molar-refractivity contribution in [2.45, 2.75) is 25.3 Å². The van der Waals surface area contributed by atoms with Crippen molar-refractivity contribution in [1.82, 2.24) is 4.57 Å². The fraction of sp³-hybridized carbons (Fsp3) is 0.182. The third kappa shape index (κ3) is 3.77. The lowest BCUT2D eigenvalue weighted by Gasteiger charge is -2.25. The summed E-state index contributed by atoms with van der Waals surface area (Å²) in [6.45, 7) is 0.841. The van der Waals surface area contributed by atoms with Crippen molar-refractivity contribution in [2.24, 2.45) is 21.7 Å². The Balaban J connectivity index is 1.73. The SMILES string of the molecule is NC(N)=N/N=C1\CC(c2ccccc2)Cc2c1ccn2Cc1ccccc1. The number of fused-ring (bicyclic) bond motifs is 1. The maximum Gasteiger partial charge on any atom is 0.211 e. The highest BCUT2D eigenvalue weighted by atomic mass is 15.3. The van der Waals surface area contributed by atoms with Gasteiger partial charge in [0.15, 0.2) is 0 Å². The molecule has 0 amide bonds. The van der Waals surface area contributed by atoms with E-state index in [1.54, 1.807) is 0 Å². The molecule has 4 N–H and O–H groups in total. The van der Waals surface area contributed by atoms with Gasteiger partial charge in [-0.05, 0) is 36.0 Å². The first-order chi connectivity index (χ1) is 13.2. The van der Waals surface area contributed by atoms with Crippen molar-refractivity contribution in [3.63, 3.8) is 0 Å². The Hall–Kier alpha value is -3.34. The smallest absolute Gasteiger partial charge is 0.211 e. The Morgan fingerprint density at radius 3 is 2.33 bits per heavy atom. The Morgan fingerprint density at radius 1 is 0.926 bits per heavy atom. The first-order valence-corrected chi connectivity index (χ1v) is 9.13. The third-order valence-electron chi connectivity index (χ3n) is 5.02. The minimum atomic E-state index is -0.0189. The fourth-order valence-electron chi connectivity index (χ4n) is 3.75. The van der Waals surface area contributed by atoms with Crippen LogP contribution in [0, 0.1) is 0 Å². The van der Waals surface area contributed by atoms with Gasteiger partial charge < -0.3 is 16.0 Å². The molecule has 136 valence electrons. The first-order valence-electron chi connectivity index (χ1n) is 9.13. The van der Waals surface area contributed by atoms with Crippen LogP contribution in [0.25, 0.3) is 0 Å². The number of aromatic nitrogens is 1. The topological polar surface area (TPSA) is 81.7 Å². The summed E-state index contributed by atoms with van der Waals surface area (Å²) in [6.07, 6.45) is 3.93. The van der Waals surface area contributed by atoms with E-state index < -0.39 is 0 Å². The van der Waals surface area contributed by atoms with Crippen molar-refractivity contribution in [2.75, 3.05) is 0 Å². The Kier molecular flexibility index (Phi) is 4.75. The highest BCUT2D eigenvalue weighted by Gasteiger charge is 2.27. The maximum absolute atomic E-state index is 5.50. The lowest BCUT2D eigenvalue weighted by molar-refractivity contribution is 0.636. The van der Waals surface area contributed by atoms with Gasteiger partial charge in [-0.2, -0.15) is 5.10 Å². The van der Waals surface area contributed by atoms with Crippen LogP contribution in [0.3, 0.4) is 0 Å². The fourth-order valence-corrected chi connectivity index (χ4v) is 3.75. The van der Waals surface area contributed by atoms with Crippen LogP contribution in [-0.4, -0.2) is 16.2 Å². The molecule has 4 rings (SSSR count). The zero-order chi connectivity index (χ0) is 18.6. The van der Waals surface area contributed by atoms with Crippen molar-refractivity contribution in [3.05, 3.63) is 95.3 Å². The molecule has 5 heteroatoms. The molecule has 1 aromatic heterocycles. The van der Waals surface area contributed by atoms with Crippen LogP contribution in [0.2, 0.25) is 0 Å². The van der Waals surface area contributed by atoms with E-state index in [1.165, 1.54) is 16.8 Å². The second kappa shape index (κ2) is 7.50. The largest absolute Gasteiger partial charge is 0.369 e. The van der Waals surface area contributed by atoms with Crippen molar-refractivity contribution >= 4 is 11.7 Å². The molecule has 1 aliphatic carbocycles. The van der Waals surface area contributed by atoms with E-state index in [2.05, 4.69) is 75.6 Å². The average molecular weight is 357 g/mol. The summed E-state index contributed by atoms with van der Waals surface area (Å²) in [5.41, 5.74) is 16.9. The van der Waals surface area contributed by atoms with Crippen molar-refractivity contribution < 1.29 is 0 Å². The number of hydrogen-bond donors (Lipinski definition) is 2. The summed E-state index contributed by atoms with van der Waals surface area (Å²) in [5.74, 6) is 0.339. The lowest BCUT2D eigenvalue weighted by Crippen LogP contribution is -2.24. The number of nitrogens with two attached hydrogens (primary N) is 2. The molecular formula is C22H23N5. The maximum atomic E-state index is 5.50. The molecule has 0 saturated carbocycles. The van der Waals surface area contributed by atoms with Gasteiger partial charge in [-0.1, -0.05) is 60.7 Å². The first kappa shape index (κ1) is 17.1. The number of rotatable bonds is 4. The van der Waals surface area contributed by atoms with Gasteiger partial charge in [-0.3, -0.25) is 0 Å². The summed E-state index contributed by atoms with van der Waals surface area (Å²) in [5, 5.41) is 8.28. The van der Waals surface area contributed by atoms with Gasteiger partial charge in [0.05, 0.1) is 5.71 Å². The molecule has 0 saturated heterocycles. The van der Waals surface area contributed by atoms with Crippen molar-refractivity contribution in [1.29, 1.82) is 0 Å². The monoisotopic (exact) mass is 357 g/mol. The summed E-state index contributed by atoms with van der Waals surface area (Å²) in [7, 11) is 0. The molecule has 1 heterocycles. The van der Waals surface area contributed by atoms with Gasteiger partial charge in [-0.25, -0.2) is 0 Å². The number of hydrogen-bond acceptors (Lipinski definition) is 2. The molecular weight excluding hydrogens is 334 g/mol. The Bertz CT molecular complexity index is 966. The minimum Gasteiger partial charge on any atom is -0.369 e. The van der Waals surface area contributed by atoms with Crippen molar-refractivity contribution in [3.8, 4) is 0 Å². The summed E-state index contributed by atoms with van der Waals surface area (Å²) in [4.78, 5) is 0. The van der Waals surface area contributed by atoms with Crippen LogP contribution < -0.4 is 11.5 Å². The quantitative estimate of drug-likeness (QED) is 0.427. The molecule has 0 spiro atoms. The molecule has 0 fully saturated rings. The Morgan fingerprint density at radius 2 is 1.63 bits per heavy atom. The second-order valence-corrected chi connectivity index (χ2v) is 6.88. The van der Waals surface area contributed by atoms with E-state index in [1.807, 2.05) is 12.1 Å². The van der Waals surface area contributed by atoms with E-state index in [4.69, 9.17) is 11.5 Å². The zero-order valence-electron chi connectivity index (χ0n) is 15.1. The zero-order valence-corrected chi connectivity index (χ0v) is 15.1. The molecule has 1 atom stereocenters. The van der Waals surface area contributed by atoms with Crippen LogP contribution in [-0.2, 0) is 13.0 Å². The molecule has 27 heavy (non-hydrogen) atoms. The van der Waals surface area contributed by atoms with Gasteiger partial charge in [0.1, 0.15) is 0 Å². The average Bonchev–Trinajstić information content (AvgIpc) is 3.10. The molecule has 0 aliphatic heterocycles. The van der Waals surface area contributed by atoms with Gasteiger partial charge in [-0.15, -0.1) is 5.10 Å². The molecule has 3 aromatic rings. The van der Waals surface area contributed by atoms with Gasteiger partial charge in [0.25, 0.3) is 0 Å². The molecule has 5 nitrogen and oxygen atoms in total. The number of guanidine groups is 1. The molecule has 0 radical (unpaired) electrons. The molecule has 1 aliphatic rings. The highest BCUT2D eigenvalue weighted by molar-refractivity contribution is 6.03. The Labute approximate surface area is 159 Å². The molecule has 2 aromatic carbocycles. The number of benzene rings is 2. The van der Waals surface area contributed by atoms with Crippen LogP contribution in [0.4, 0.5) is 0 Å². The number of nitrogens with zero attached hydrogens (tertiary/aromatic N) is 3. The predicted molar refractivity (Wildman–Crippen MR) is 110 cm³/mol. The minimum absolute atomic E-state index is 0.0189. The summed E-state index contributed by atoms with van der Waals surface area (Å²) >= 11 is 0. The van der Waals surface area contributed by atoms with Gasteiger partial charge in [0, 0.05) is 24.0 Å². The highest BCUT2D eigenvalue weighted by Crippen LogP contribution is 2.34. The van der Waals surface area contributed by atoms with E-state index in [-0.39, 0.29) is 5.96 Å². The van der Waals surface area contributed by atoms with E-state index in [0.717, 1.165) is 30.7 Å². The normalized spacial score (nSPS) is 17.5. The van der Waals surface area contributed by atoms with Crippen LogP contribution in [0.1, 0.15) is 34.7 Å². The van der Waals surface area contributed by atoms with E-state index in [0.29, 0.717) is 5.92 Å². The second-order valence-electron chi connectivity index (χ2n) is 6.88. The summed E-state index contributed by atoms with van der Waals surface area (Å²) < 4.78 is 2.31. The van der Waals surface area contributed by atoms with Gasteiger partial charge >= 0.3 is 0 Å². The van der Waals surface area contributed by atoms with E-state index >= 15 is 0 Å². The summed E-state index contributed by atoms with van der Waals surface area (Å²) in [6, 6.07) is 23.2. The van der Waals surface area contributed by atoms with Crippen LogP contribution >= 0.6 is 0 Å². The van der Waals surface area contributed by atoms with E-state index in [9.17, 15) is 0 Å².